The number of furan rings is 1. The van der Waals surface area contributed by atoms with E-state index in [0.717, 1.165) is 49.3 Å². The second-order valence-electron chi connectivity index (χ2n) is 12.3. The number of hydrogen-bond acceptors (Lipinski definition) is 4. The second kappa shape index (κ2) is 10.7. The lowest BCUT2D eigenvalue weighted by molar-refractivity contribution is 0.669. The zero-order chi connectivity index (χ0) is 39.6. The first-order chi connectivity index (χ1) is 28.2. The van der Waals surface area contributed by atoms with E-state index < -0.39 is 36.3 Å². The monoisotopic (exact) mass is 660 g/mol. The van der Waals surface area contributed by atoms with E-state index in [1.165, 1.54) is 0 Å². The molecule has 0 unspecified atom stereocenters. The van der Waals surface area contributed by atoms with Crippen molar-refractivity contribution >= 4 is 65.6 Å². The minimum atomic E-state index is -0.498. The molecule has 0 saturated carbocycles. The van der Waals surface area contributed by atoms with Crippen LogP contribution in [0, 0.1) is 0 Å². The molecule has 4 heterocycles. The Morgan fingerprint density at radius 2 is 1.04 bits per heavy atom. The molecule has 6 nitrogen and oxygen atoms in total. The average molecular weight is 661 g/mol. The van der Waals surface area contributed by atoms with Crippen LogP contribution in [0.2, 0.25) is 0 Å². The SMILES string of the molecule is [2H]c1c([2H])c([2H])c2c(oc3c([2H])c([2H])c(-c4nc(-c5ccccc5)nc(-n5c6ccccc6c6ccc7c8ccccc8n(-c8ccccc8)c7c65)n4)c([2H])c32)c1[2H]. The van der Waals surface area contributed by atoms with Crippen molar-refractivity contribution in [2.45, 2.75) is 0 Å². The summed E-state index contributed by atoms with van der Waals surface area (Å²) in [6.45, 7) is 0. The van der Waals surface area contributed by atoms with Crippen LogP contribution in [0.4, 0.5) is 0 Å². The Balaban J connectivity index is 1.30. The van der Waals surface area contributed by atoms with E-state index in [1.807, 2.05) is 83.4 Å². The highest BCUT2D eigenvalue weighted by atomic mass is 16.3. The van der Waals surface area contributed by atoms with Crippen LogP contribution in [-0.4, -0.2) is 24.1 Å². The normalized spacial score (nSPS) is 13.8. The third kappa shape index (κ3) is 4.14. The molecule has 11 aromatic rings. The van der Waals surface area contributed by atoms with Crippen molar-refractivity contribution in [2.75, 3.05) is 0 Å². The Morgan fingerprint density at radius 1 is 0.451 bits per heavy atom. The lowest BCUT2D eigenvalue weighted by Crippen LogP contribution is -2.07. The molecule has 0 aliphatic carbocycles. The molecule has 51 heavy (non-hydrogen) atoms. The summed E-state index contributed by atoms with van der Waals surface area (Å²) in [5.74, 6) is 0.440. The van der Waals surface area contributed by atoms with Gasteiger partial charge in [-0.05, 0) is 48.4 Å². The summed E-state index contributed by atoms with van der Waals surface area (Å²) in [5.41, 5.74) is 4.76. The fraction of sp³-hybridized carbons (Fsp3) is 0. The molecule has 4 aromatic heterocycles. The van der Waals surface area contributed by atoms with Crippen molar-refractivity contribution in [2.24, 2.45) is 0 Å². The lowest BCUT2D eigenvalue weighted by Gasteiger charge is -2.13. The number of nitrogens with zero attached hydrogens (tertiary/aromatic N) is 5. The lowest BCUT2D eigenvalue weighted by atomic mass is 10.1. The Kier molecular flexibility index (Phi) is 4.59. The maximum absolute atomic E-state index is 9.55. The Hall–Kier alpha value is -7.05. The van der Waals surface area contributed by atoms with E-state index in [0.29, 0.717) is 5.56 Å². The van der Waals surface area contributed by atoms with Gasteiger partial charge >= 0.3 is 0 Å². The number of hydrogen-bond donors (Lipinski definition) is 0. The van der Waals surface area contributed by atoms with E-state index >= 15 is 0 Å². The molecule has 7 aromatic carbocycles. The molecule has 0 aliphatic rings. The Morgan fingerprint density at radius 3 is 1.78 bits per heavy atom. The highest BCUT2D eigenvalue weighted by Gasteiger charge is 2.23. The van der Waals surface area contributed by atoms with Crippen molar-refractivity contribution in [1.29, 1.82) is 0 Å². The molecule has 0 spiro atoms. The van der Waals surface area contributed by atoms with E-state index in [1.54, 1.807) is 0 Å². The molecule has 0 aliphatic heterocycles. The Labute approximate surface area is 301 Å². The number of fused-ring (bicyclic) bond motifs is 10. The van der Waals surface area contributed by atoms with Crippen LogP contribution >= 0.6 is 0 Å². The summed E-state index contributed by atoms with van der Waals surface area (Å²) in [6, 6.07) is 37.2. The van der Waals surface area contributed by atoms with Crippen molar-refractivity contribution in [3.63, 3.8) is 0 Å². The largest absolute Gasteiger partial charge is 0.456 e. The molecule has 0 bridgehead atoms. The molecule has 238 valence electrons. The van der Waals surface area contributed by atoms with Crippen molar-refractivity contribution in [3.8, 4) is 34.4 Å². The third-order valence-corrected chi connectivity index (χ3v) is 9.45. The minimum Gasteiger partial charge on any atom is -0.456 e. The van der Waals surface area contributed by atoms with Crippen molar-refractivity contribution in [1.82, 2.24) is 24.1 Å². The van der Waals surface area contributed by atoms with Gasteiger partial charge in [-0.3, -0.25) is 4.57 Å². The molecular formula is C45H27N5O. The van der Waals surface area contributed by atoms with Crippen LogP contribution in [0.5, 0.6) is 0 Å². The van der Waals surface area contributed by atoms with Gasteiger partial charge in [-0.1, -0.05) is 115 Å². The van der Waals surface area contributed by atoms with Gasteiger partial charge in [0, 0.05) is 49.1 Å². The van der Waals surface area contributed by atoms with Gasteiger partial charge in [0.25, 0.3) is 0 Å². The van der Waals surface area contributed by atoms with E-state index in [4.69, 9.17) is 26.2 Å². The predicted molar refractivity (Wildman–Crippen MR) is 207 cm³/mol. The smallest absolute Gasteiger partial charge is 0.238 e. The minimum absolute atomic E-state index is 0.0211. The zero-order valence-electron chi connectivity index (χ0n) is 33.7. The van der Waals surface area contributed by atoms with Gasteiger partial charge in [0.2, 0.25) is 5.95 Å². The van der Waals surface area contributed by atoms with Crippen molar-refractivity contribution in [3.05, 3.63) is 164 Å². The van der Waals surface area contributed by atoms with Gasteiger partial charge in [-0.2, -0.15) is 9.97 Å². The number of rotatable bonds is 4. The number of para-hydroxylation sites is 4. The molecule has 0 saturated heterocycles. The van der Waals surface area contributed by atoms with E-state index in [2.05, 4.69) is 47.0 Å². The second-order valence-corrected chi connectivity index (χ2v) is 12.3. The van der Waals surface area contributed by atoms with Gasteiger partial charge in [0.05, 0.1) is 31.7 Å². The van der Waals surface area contributed by atoms with Crippen LogP contribution in [0.1, 0.15) is 9.60 Å². The molecule has 0 atom stereocenters. The summed E-state index contributed by atoms with van der Waals surface area (Å²) >= 11 is 0. The van der Waals surface area contributed by atoms with Crippen LogP contribution in [-0.2, 0) is 0 Å². The van der Waals surface area contributed by atoms with Gasteiger partial charge < -0.3 is 8.98 Å². The van der Waals surface area contributed by atoms with Crippen LogP contribution < -0.4 is 0 Å². The van der Waals surface area contributed by atoms with Gasteiger partial charge in [0.1, 0.15) is 11.2 Å². The van der Waals surface area contributed by atoms with Crippen molar-refractivity contribution < 1.29 is 14.0 Å². The van der Waals surface area contributed by atoms with E-state index in [-0.39, 0.29) is 51.1 Å². The molecule has 11 rings (SSSR count). The summed E-state index contributed by atoms with van der Waals surface area (Å²) in [6.07, 6.45) is 0. The molecule has 6 heteroatoms. The Bertz CT molecular complexity index is 3540. The van der Waals surface area contributed by atoms with Gasteiger partial charge in [-0.25, -0.2) is 4.98 Å². The van der Waals surface area contributed by atoms with Gasteiger partial charge in [-0.15, -0.1) is 0 Å². The first-order valence-electron chi connectivity index (χ1n) is 20.0. The molecular weight excluding hydrogens is 627 g/mol. The summed E-state index contributed by atoms with van der Waals surface area (Å²) in [5, 5.41) is 3.95. The molecule has 0 radical (unpaired) electrons. The van der Waals surface area contributed by atoms with E-state index in [9.17, 15) is 2.74 Å². The first-order valence-corrected chi connectivity index (χ1v) is 16.5. The molecule has 0 fully saturated rings. The maximum atomic E-state index is 9.55. The highest BCUT2D eigenvalue weighted by molar-refractivity contribution is 6.23. The summed E-state index contributed by atoms with van der Waals surface area (Å²) < 4.78 is 71.8. The summed E-state index contributed by atoms with van der Waals surface area (Å²) in [4.78, 5) is 15.0. The quantitative estimate of drug-likeness (QED) is 0.188. The van der Waals surface area contributed by atoms with Crippen LogP contribution in [0.15, 0.2) is 168 Å². The molecule has 0 amide bonds. The topological polar surface area (TPSA) is 61.7 Å². The number of benzene rings is 7. The third-order valence-electron chi connectivity index (χ3n) is 9.45. The first kappa shape index (κ1) is 21.8. The zero-order valence-corrected chi connectivity index (χ0v) is 26.7. The number of aromatic nitrogens is 5. The fourth-order valence-electron chi connectivity index (χ4n) is 7.26. The van der Waals surface area contributed by atoms with Crippen LogP contribution in [0.25, 0.3) is 100.0 Å². The average Bonchev–Trinajstić information content (AvgIpc) is 3.94. The predicted octanol–water partition coefficient (Wildman–Crippen LogP) is 11.3. The molecule has 0 N–H and O–H groups in total. The highest BCUT2D eigenvalue weighted by Crippen LogP contribution is 2.41. The standard InChI is InChI=1S/C45H27N5O/c1-3-13-28(14-4-1)43-46-44(29-23-26-40-36(27-29)33-19-9-12-22-39(33)51-40)48-45(47-43)50-38-21-11-8-18-32(38)35-25-24-34-31-17-7-10-20-37(31)49(41(34)42(35)50)30-15-5-2-6-16-30/h1-27H/i9D,12D,19D,22D,23D,26D,27D. The maximum Gasteiger partial charge on any atom is 0.238 e. The summed E-state index contributed by atoms with van der Waals surface area (Å²) in [7, 11) is 0. The van der Waals surface area contributed by atoms with Crippen LogP contribution in [0.3, 0.4) is 0 Å². The fourth-order valence-corrected chi connectivity index (χ4v) is 7.26. The van der Waals surface area contributed by atoms with Gasteiger partial charge in [0.15, 0.2) is 11.6 Å².